The first-order chi connectivity index (χ1) is 15.3. The minimum Gasteiger partial charge on any atom is -0.477 e. The second-order valence-electron chi connectivity index (χ2n) is 8.02. The molecule has 32 heavy (non-hydrogen) atoms. The molecule has 0 radical (unpaired) electrons. The normalized spacial score (nSPS) is 10.8. The van der Waals surface area contributed by atoms with Crippen LogP contribution in [0.5, 0.6) is 0 Å². The Hall–Kier alpha value is -3.86. The lowest BCUT2D eigenvalue weighted by Gasteiger charge is -2.16. The van der Waals surface area contributed by atoms with Crippen molar-refractivity contribution in [2.24, 2.45) is 0 Å². The Morgan fingerprint density at radius 3 is 1.69 bits per heavy atom. The lowest BCUT2D eigenvalue weighted by Crippen LogP contribution is -2.36. The molecule has 2 aromatic carbocycles. The molecule has 1 heterocycles. The summed E-state index contributed by atoms with van der Waals surface area (Å²) in [6.45, 7) is -0.0417. The fraction of sp³-hybridized carbons (Fsp3) is 0.185. The van der Waals surface area contributed by atoms with Crippen LogP contribution >= 0.6 is 0 Å². The van der Waals surface area contributed by atoms with E-state index in [-0.39, 0.29) is 6.54 Å². The zero-order valence-electron chi connectivity index (χ0n) is 19.1. The second kappa shape index (κ2) is 10.4. The molecule has 1 aromatic heterocycles. The fourth-order valence-corrected chi connectivity index (χ4v) is 3.33. The van der Waals surface area contributed by atoms with Gasteiger partial charge in [0.1, 0.15) is 0 Å². The molecule has 0 spiro atoms. The fourth-order valence-electron chi connectivity index (χ4n) is 3.33. The van der Waals surface area contributed by atoms with E-state index in [0.29, 0.717) is 0 Å². The predicted molar refractivity (Wildman–Crippen MR) is 132 cm³/mol. The van der Waals surface area contributed by atoms with Crippen molar-refractivity contribution in [2.45, 2.75) is 6.54 Å². The summed E-state index contributed by atoms with van der Waals surface area (Å²) in [6.07, 6.45) is 9.73. The average molecular weight is 429 g/mol. The number of pyridine rings is 1. The number of hydrogen-bond donors (Lipinski definition) is 1. The van der Waals surface area contributed by atoms with Gasteiger partial charge in [0.05, 0.1) is 0 Å². The molecule has 0 aliphatic rings. The van der Waals surface area contributed by atoms with Crippen molar-refractivity contribution in [1.29, 1.82) is 0 Å². The van der Waals surface area contributed by atoms with E-state index in [4.69, 9.17) is 5.11 Å². The molecule has 5 heteroatoms. The number of benzene rings is 2. The number of nitrogens with zero attached hydrogens (tertiary/aromatic N) is 3. The number of allylic oxidation sites excluding steroid dienone is 2. The van der Waals surface area contributed by atoms with Crippen LogP contribution in [0.3, 0.4) is 0 Å². The topological polar surface area (TPSA) is 47.7 Å². The molecule has 0 saturated carbocycles. The van der Waals surface area contributed by atoms with Gasteiger partial charge in [-0.2, -0.15) is 4.57 Å². The van der Waals surface area contributed by atoms with Crippen LogP contribution in [0.2, 0.25) is 0 Å². The Bertz CT molecular complexity index is 1040. The lowest BCUT2D eigenvalue weighted by molar-refractivity contribution is -0.685. The number of anilines is 2. The number of carboxylic acids is 1. The highest BCUT2D eigenvalue weighted by Crippen LogP contribution is 2.27. The van der Waals surface area contributed by atoms with Crippen molar-refractivity contribution in [1.82, 2.24) is 0 Å². The van der Waals surface area contributed by atoms with Gasteiger partial charge in [0.2, 0.25) is 6.54 Å². The van der Waals surface area contributed by atoms with Crippen LogP contribution in [-0.2, 0) is 11.3 Å². The number of hydrogen-bond acceptors (Lipinski definition) is 3. The van der Waals surface area contributed by atoms with E-state index in [9.17, 15) is 4.79 Å². The van der Waals surface area contributed by atoms with Gasteiger partial charge in [0, 0.05) is 51.7 Å². The maximum atomic E-state index is 10.8. The van der Waals surface area contributed by atoms with Crippen LogP contribution in [-0.4, -0.2) is 39.3 Å². The van der Waals surface area contributed by atoms with Crippen molar-refractivity contribution in [2.75, 3.05) is 38.0 Å². The number of carboxylic acid groups (broad SMARTS) is 1. The largest absolute Gasteiger partial charge is 0.477 e. The third kappa shape index (κ3) is 6.08. The molecule has 0 saturated heterocycles. The first kappa shape index (κ1) is 22.8. The maximum absolute atomic E-state index is 10.8. The van der Waals surface area contributed by atoms with Crippen LogP contribution in [0.1, 0.15) is 16.7 Å². The van der Waals surface area contributed by atoms with E-state index in [0.717, 1.165) is 33.6 Å². The van der Waals surface area contributed by atoms with Crippen molar-refractivity contribution in [3.05, 3.63) is 102 Å². The molecule has 3 rings (SSSR count). The molecular formula is C27H30N3O2+. The lowest BCUT2D eigenvalue weighted by atomic mass is 9.96. The highest BCUT2D eigenvalue weighted by atomic mass is 16.4. The second-order valence-corrected chi connectivity index (χ2v) is 8.02. The molecule has 0 aliphatic heterocycles. The van der Waals surface area contributed by atoms with Crippen LogP contribution < -0.4 is 14.4 Å². The Morgan fingerprint density at radius 2 is 1.28 bits per heavy atom. The Labute approximate surface area is 190 Å². The molecule has 5 nitrogen and oxygen atoms in total. The monoisotopic (exact) mass is 428 g/mol. The third-order valence-corrected chi connectivity index (χ3v) is 5.18. The van der Waals surface area contributed by atoms with Crippen molar-refractivity contribution in [3.63, 3.8) is 0 Å². The van der Waals surface area contributed by atoms with Crippen LogP contribution in [0.4, 0.5) is 11.4 Å². The maximum Gasteiger partial charge on any atom is 0.370 e. The van der Waals surface area contributed by atoms with Crippen molar-refractivity contribution in [3.8, 4) is 0 Å². The molecule has 0 aliphatic carbocycles. The van der Waals surface area contributed by atoms with E-state index >= 15 is 0 Å². The Kier molecular flexibility index (Phi) is 7.45. The number of aliphatic carboxylic acids is 1. The summed E-state index contributed by atoms with van der Waals surface area (Å²) in [5, 5.41) is 8.90. The quantitative estimate of drug-likeness (QED) is 0.428. The van der Waals surface area contributed by atoms with Crippen LogP contribution in [0.15, 0.2) is 85.2 Å². The summed E-state index contributed by atoms with van der Waals surface area (Å²) in [5.41, 5.74) is 6.74. The molecule has 3 aromatic rings. The van der Waals surface area contributed by atoms with Gasteiger partial charge in [-0.25, -0.2) is 4.79 Å². The molecule has 0 amide bonds. The molecule has 0 bridgehead atoms. The van der Waals surface area contributed by atoms with Gasteiger partial charge in [-0.15, -0.1) is 0 Å². The van der Waals surface area contributed by atoms with Gasteiger partial charge in [-0.1, -0.05) is 42.5 Å². The van der Waals surface area contributed by atoms with E-state index < -0.39 is 5.97 Å². The van der Waals surface area contributed by atoms with Gasteiger partial charge < -0.3 is 14.9 Å². The molecular weight excluding hydrogens is 398 g/mol. The molecule has 164 valence electrons. The molecule has 1 N–H and O–H groups in total. The summed E-state index contributed by atoms with van der Waals surface area (Å²) in [7, 11) is 8.14. The number of aromatic nitrogens is 1. The number of carbonyl (C=O) groups is 1. The molecule has 0 fully saturated rings. The van der Waals surface area contributed by atoms with Gasteiger partial charge in [-0.3, -0.25) is 0 Å². The third-order valence-electron chi connectivity index (χ3n) is 5.18. The minimum atomic E-state index is -0.855. The van der Waals surface area contributed by atoms with E-state index in [2.05, 4.69) is 64.4 Å². The van der Waals surface area contributed by atoms with Gasteiger partial charge in [-0.05, 0) is 46.5 Å². The SMILES string of the molecule is CN(C)c1ccc(C(=CC=Cc2cc[n+](CC(=O)O)cc2)c2ccc(N(C)C)cc2)cc1. The van der Waals surface area contributed by atoms with Crippen LogP contribution in [0.25, 0.3) is 11.6 Å². The van der Waals surface area contributed by atoms with Crippen LogP contribution in [0, 0.1) is 0 Å². The van der Waals surface area contributed by atoms with E-state index in [1.165, 1.54) is 0 Å². The van der Waals surface area contributed by atoms with Crippen molar-refractivity contribution >= 4 is 29.0 Å². The van der Waals surface area contributed by atoms with Gasteiger partial charge in [0.15, 0.2) is 12.4 Å². The highest BCUT2D eigenvalue weighted by molar-refractivity contribution is 5.82. The zero-order valence-corrected chi connectivity index (χ0v) is 19.1. The van der Waals surface area contributed by atoms with Gasteiger partial charge >= 0.3 is 5.97 Å². The standard InChI is InChI=1S/C27H29N3O2/c1-28(2)24-12-8-22(9-13-24)26(23-10-14-25(15-11-23)29(3)4)7-5-6-21-16-18-30(19-17-21)20-27(31)32/h5-19H,20H2,1-4H3/p+1. The zero-order chi connectivity index (χ0) is 23.1. The van der Waals surface area contributed by atoms with E-state index in [1.807, 2.05) is 52.5 Å². The van der Waals surface area contributed by atoms with Crippen molar-refractivity contribution < 1.29 is 14.5 Å². The van der Waals surface area contributed by atoms with Gasteiger partial charge in [0.25, 0.3) is 0 Å². The minimum absolute atomic E-state index is 0.0417. The summed E-state index contributed by atoms with van der Waals surface area (Å²) in [5.74, 6) is -0.855. The Morgan fingerprint density at radius 1 is 0.812 bits per heavy atom. The number of rotatable bonds is 8. The first-order valence-electron chi connectivity index (χ1n) is 10.5. The molecule has 0 atom stereocenters. The first-order valence-corrected chi connectivity index (χ1v) is 10.5. The smallest absolute Gasteiger partial charge is 0.370 e. The summed E-state index contributed by atoms with van der Waals surface area (Å²) < 4.78 is 1.64. The summed E-state index contributed by atoms with van der Waals surface area (Å²) >= 11 is 0. The molecule has 0 unspecified atom stereocenters. The Balaban J connectivity index is 1.91. The van der Waals surface area contributed by atoms with E-state index in [1.54, 1.807) is 17.0 Å². The average Bonchev–Trinajstić information content (AvgIpc) is 2.78. The highest BCUT2D eigenvalue weighted by Gasteiger charge is 2.07. The summed E-state index contributed by atoms with van der Waals surface area (Å²) in [6, 6.07) is 20.9. The predicted octanol–water partition coefficient (Wildman–Crippen LogP) is 4.34. The summed E-state index contributed by atoms with van der Waals surface area (Å²) in [4.78, 5) is 15.0.